The number of hydrogen-bond donors (Lipinski definition) is 3. The molecule has 0 unspecified atom stereocenters. The van der Waals surface area contributed by atoms with Crippen molar-refractivity contribution in [3.63, 3.8) is 0 Å². The summed E-state index contributed by atoms with van der Waals surface area (Å²) in [7, 11) is 0. The van der Waals surface area contributed by atoms with Crippen LogP contribution in [0.3, 0.4) is 0 Å². The lowest BCUT2D eigenvalue weighted by Gasteiger charge is -2.10. The maximum Gasteiger partial charge on any atom is 0.341 e. The first-order chi connectivity index (χ1) is 16.4. The molecule has 0 spiro atoms. The summed E-state index contributed by atoms with van der Waals surface area (Å²) in [6.45, 7) is -0.524. The number of carboxylic acids is 1. The van der Waals surface area contributed by atoms with Crippen molar-refractivity contribution in [1.29, 1.82) is 0 Å². The fourth-order valence-corrected chi connectivity index (χ4v) is 3.15. The third-order valence-electron chi connectivity index (χ3n) is 4.33. The van der Waals surface area contributed by atoms with Gasteiger partial charge in [0, 0.05) is 15.6 Å². The Morgan fingerprint density at radius 2 is 1.65 bits per heavy atom. The third kappa shape index (κ3) is 7.42. The number of carbonyl (C=O) groups excluding carboxylic acids is 2. The van der Waals surface area contributed by atoms with Gasteiger partial charge in [0.1, 0.15) is 11.4 Å². The minimum atomic E-state index is -1.12. The van der Waals surface area contributed by atoms with E-state index in [1.165, 1.54) is 12.3 Å². The minimum Gasteiger partial charge on any atom is -0.481 e. The molecule has 0 heterocycles. The molecule has 0 aliphatic heterocycles. The molecule has 8 nitrogen and oxygen atoms in total. The fourth-order valence-electron chi connectivity index (χ4n) is 2.77. The lowest BCUT2D eigenvalue weighted by molar-refractivity contribution is -0.139. The summed E-state index contributed by atoms with van der Waals surface area (Å²) in [5.41, 5.74) is 3.92. The molecule has 0 aliphatic rings. The molecule has 3 N–H and O–H groups in total. The first-order valence-corrected chi connectivity index (χ1v) is 10.8. The van der Waals surface area contributed by atoms with Gasteiger partial charge in [0.15, 0.2) is 6.61 Å². The van der Waals surface area contributed by atoms with Gasteiger partial charge < -0.3 is 15.2 Å². The van der Waals surface area contributed by atoms with Gasteiger partial charge in [-0.3, -0.25) is 9.59 Å². The average molecular weight is 522 g/mol. The van der Waals surface area contributed by atoms with Crippen LogP contribution in [-0.2, 0) is 9.59 Å². The quantitative estimate of drug-likeness (QED) is 0.224. The van der Waals surface area contributed by atoms with Crippen molar-refractivity contribution in [2.24, 2.45) is 5.10 Å². The predicted octanol–water partition coefficient (Wildman–Crippen LogP) is 3.83. The molecule has 3 rings (SSSR count). The van der Waals surface area contributed by atoms with Gasteiger partial charge in [-0.1, -0.05) is 64.5 Å². The molecule has 34 heavy (non-hydrogen) atoms. The smallest absolute Gasteiger partial charge is 0.341 e. The van der Waals surface area contributed by atoms with Crippen LogP contribution in [0.5, 0.6) is 5.75 Å². The van der Waals surface area contributed by atoms with Crippen molar-refractivity contribution in [2.75, 3.05) is 6.61 Å². The van der Waals surface area contributed by atoms with E-state index in [1.807, 2.05) is 18.2 Å². The number of hydrazone groups is 1. The topological polar surface area (TPSA) is 117 Å². The maximum absolute atomic E-state index is 12.8. The number of halogens is 1. The Kier molecular flexibility index (Phi) is 8.70. The van der Waals surface area contributed by atoms with E-state index in [1.54, 1.807) is 60.7 Å². The number of carboxylic acid groups (broad SMARTS) is 1. The summed E-state index contributed by atoms with van der Waals surface area (Å²) in [6.07, 6.45) is 2.85. The highest BCUT2D eigenvalue weighted by Gasteiger charge is 2.14. The Balaban J connectivity index is 1.79. The molecule has 3 aromatic carbocycles. The zero-order valence-corrected chi connectivity index (χ0v) is 19.4. The molecule has 0 bridgehead atoms. The van der Waals surface area contributed by atoms with Crippen molar-refractivity contribution in [2.45, 2.75) is 0 Å². The summed E-state index contributed by atoms with van der Waals surface area (Å²) in [5.74, 6) is -1.93. The number of carbonyl (C=O) groups is 3. The molecular weight excluding hydrogens is 502 g/mol. The zero-order valence-electron chi connectivity index (χ0n) is 17.8. The van der Waals surface area contributed by atoms with Crippen LogP contribution in [0.2, 0.25) is 0 Å². The van der Waals surface area contributed by atoms with E-state index in [4.69, 9.17) is 9.84 Å². The van der Waals surface area contributed by atoms with Gasteiger partial charge in [-0.15, -0.1) is 0 Å². The monoisotopic (exact) mass is 521 g/mol. The Bertz CT molecular complexity index is 1230. The summed E-state index contributed by atoms with van der Waals surface area (Å²) < 4.78 is 5.96. The molecule has 0 saturated heterocycles. The minimum absolute atomic E-state index is 0.00574. The highest BCUT2D eigenvalue weighted by atomic mass is 79.9. The van der Waals surface area contributed by atoms with Gasteiger partial charge in [0.05, 0.1) is 6.21 Å². The molecule has 0 radical (unpaired) electrons. The molecule has 0 saturated carbocycles. The normalized spacial score (nSPS) is 11.1. The second kappa shape index (κ2) is 12.1. The maximum atomic E-state index is 12.8. The average Bonchev–Trinajstić information content (AvgIpc) is 2.84. The number of rotatable bonds is 9. The Morgan fingerprint density at radius 1 is 0.971 bits per heavy atom. The molecule has 3 aromatic rings. The predicted molar refractivity (Wildman–Crippen MR) is 131 cm³/mol. The van der Waals surface area contributed by atoms with Crippen LogP contribution in [0, 0.1) is 0 Å². The van der Waals surface area contributed by atoms with Crippen LogP contribution in [0.15, 0.2) is 94.1 Å². The SMILES string of the molecule is O=C(O)COc1ccc(Br)cc1C=NNC(=O)C(=Cc1ccccc1)NC(=O)c1ccccc1. The Labute approximate surface area is 204 Å². The third-order valence-corrected chi connectivity index (χ3v) is 4.83. The zero-order chi connectivity index (χ0) is 24.3. The van der Waals surface area contributed by atoms with E-state index in [9.17, 15) is 14.4 Å². The summed E-state index contributed by atoms with van der Waals surface area (Å²) in [4.78, 5) is 36.3. The lowest BCUT2D eigenvalue weighted by Crippen LogP contribution is -2.32. The number of aliphatic carboxylic acids is 1. The van der Waals surface area contributed by atoms with Crippen molar-refractivity contribution >= 4 is 46.0 Å². The number of nitrogens with zero attached hydrogens (tertiary/aromatic N) is 1. The first kappa shape index (κ1) is 24.4. The van der Waals surface area contributed by atoms with Crippen LogP contribution in [0.25, 0.3) is 6.08 Å². The molecule has 0 fully saturated rings. The molecular formula is C25H20BrN3O5. The van der Waals surface area contributed by atoms with Crippen LogP contribution < -0.4 is 15.5 Å². The number of nitrogens with one attached hydrogen (secondary N) is 2. The summed E-state index contributed by atoms with van der Waals surface area (Å²) in [6, 6.07) is 22.5. The van der Waals surface area contributed by atoms with Crippen LogP contribution in [0.4, 0.5) is 0 Å². The van der Waals surface area contributed by atoms with Gasteiger partial charge in [0.25, 0.3) is 11.8 Å². The fraction of sp³-hybridized carbons (Fsp3) is 0.0400. The second-order valence-electron chi connectivity index (χ2n) is 6.85. The van der Waals surface area contributed by atoms with Gasteiger partial charge in [0.2, 0.25) is 0 Å². The van der Waals surface area contributed by atoms with Gasteiger partial charge in [-0.2, -0.15) is 5.10 Å². The molecule has 0 aromatic heterocycles. The van der Waals surface area contributed by atoms with Crippen LogP contribution in [-0.4, -0.2) is 35.7 Å². The molecule has 9 heteroatoms. The summed E-state index contributed by atoms with van der Waals surface area (Å²) in [5, 5.41) is 15.4. The van der Waals surface area contributed by atoms with Crippen LogP contribution >= 0.6 is 15.9 Å². The molecule has 0 atom stereocenters. The summed E-state index contributed by atoms with van der Waals surface area (Å²) >= 11 is 3.33. The number of benzene rings is 3. The highest BCUT2D eigenvalue weighted by Crippen LogP contribution is 2.21. The number of ether oxygens (including phenoxy) is 1. The van der Waals surface area contributed by atoms with Gasteiger partial charge >= 0.3 is 5.97 Å². The molecule has 0 aliphatic carbocycles. The first-order valence-electron chi connectivity index (χ1n) is 10.0. The van der Waals surface area contributed by atoms with Crippen molar-refractivity contribution in [1.82, 2.24) is 10.7 Å². The van der Waals surface area contributed by atoms with Gasteiger partial charge in [-0.25, -0.2) is 10.2 Å². The van der Waals surface area contributed by atoms with Crippen LogP contribution in [0.1, 0.15) is 21.5 Å². The van der Waals surface area contributed by atoms with E-state index in [2.05, 4.69) is 31.8 Å². The van der Waals surface area contributed by atoms with E-state index in [0.717, 1.165) is 0 Å². The Hall–Kier alpha value is -4.24. The van der Waals surface area contributed by atoms with E-state index in [0.29, 0.717) is 21.2 Å². The highest BCUT2D eigenvalue weighted by molar-refractivity contribution is 9.10. The van der Waals surface area contributed by atoms with E-state index >= 15 is 0 Å². The van der Waals surface area contributed by atoms with Crippen molar-refractivity contribution in [3.05, 3.63) is 106 Å². The number of amides is 2. The van der Waals surface area contributed by atoms with E-state index < -0.39 is 24.4 Å². The molecule has 172 valence electrons. The standard InChI is InChI=1S/C25H20BrN3O5/c26-20-11-12-22(34-16-23(30)31)19(14-20)15-27-29-25(33)21(13-17-7-3-1-4-8-17)28-24(32)18-9-5-2-6-10-18/h1-15H,16H2,(H,28,32)(H,29,33)(H,30,31). The lowest BCUT2D eigenvalue weighted by atomic mass is 10.1. The largest absolute Gasteiger partial charge is 0.481 e. The van der Waals surface area contributed by atoms with Crippen molar-refractivity contribution in [3.8, 4) is 5.75 Å². The molecule has 2 amide bonds. The van der Waals surface area contributed by atoms with E-state index in [-0.39, 0.29) is 11.4 Å². The second-order valence-corrected chi connectivity index (χ2v) is 7.77. The number of hydrogen-bond acceptors (Lipinski definition) is 5. The van der Waals surface area contributed by atoms with Crippen molar-refractivity contribution < 1.29 is 24.2 Å². The van der Waals surface area contributed by atoms with Gasteiger partial charge in [-0.05, 0) is 42.0 Å². The Morgan fingerprint density at radius 3 is 2.32 bits per heavy atom.